The van der Waals surface area contributed by atoms with Gasteiger partial charge in [0.15, 0.2) is 5.13 Å². The molecule has 0 aliphatic rings. The number of carbonyl (C=O) groups is 1. The van der Waals surface area contributed by atoms with Gasteiger partial charge in [0.05, 0.1) is 5.69 Å². The molecule has 1 unspecified atom stereocenters. The van der Waals surface area contributed by atoms with Crippen LogP contribution >= 0.6 is 11.3 Å². The van der Waals surface area contributed by atoms with E-state index in [1.807, 2.05) is 5.38 Å². The van der Waals surface area contributed by atoms with E-state index in [0.29, 0.717) is 15.6 Å². The second-order valence-corrected chi connectivity index (χ2v) is 7.96. The van der Waals surface area contributed by atoms with Crippen molar-refractivity contribution in [2.45, 2.75) is 31.1 Å². The SMILES string of the molecule is CS(=O)c1ccc(C(=O)Nc2nc(C(C)(C)C)cs2)cc1. The quantitative estimate of drug-likeness (QED) is 0.942. The topological polar surface area (TPSA) is 59.1 Å². The standard InChI is InChI=1S/C15H18N2O2S2/c1-15(2,3)12-9-20-14(16-12)17-13(18)10-5-7-11(8-6-10)21(4)19/h5-9H,1-4H3,(H,16,17,18). The number of hydrogen-bond acceptors (Lipinski definition) is 4. The lowest BCUT2D eigenvalue weighted by Crippen LogP contribution is -2.14. The maximum absolute atomic E-state index is 12.1. The van der Waals surface area contributed by atoms with Gasteiger partial charge < -0.3 is 0 Å². The van der Waals surface area contributed by atoms with E-state index in [0.717, 1.165) is 5.69 Å². The Bertz CT molecular complexity index is 670. The van der Waals surface area contributed by atoms with Gasteiger partial charge in [0, 0.05) is 38.3 Å². The highest BCUT2D eigenvalue weighted by Crippen LogP contribution is 2.26. The number of carbonyl (C=O) groups excluding carboxylic acids is 1. The van der Waals surface area contributed by atoms with Crippen LogP contribution < -0.4 is 5.32 Å². The van der Waals surface area contributed by atoms with Crippen molar-refractivity contribution < 1.29 is 9.00 Å². The van der Waals surface area contributed by atoms with Crippen molar-refractivity contribution in [1.82, 2.24) is 4.98 Å². The van der Waals surface area contributed by atoms with E-state index in [2.05, 4.69) is 31.1 Å². The summed E-state index contributed by atoms with van der Waals surface area (Å²) < 4.78 is 11.3. The minimum absolute atomic E-state index is 0.0354. The van der Waals surface area contributed by atoms with Crippen LogP contribution in [0.25, 0.3) is 0 Å². The Labute approximate surface area is 131 Å². The molecule has 1 N–H and O–H groups in total. The lowest BCUT2D eigenvalue weighted by atomic mass is 9.93. The van der Waals surface area contributed by atoms with Crippen LogP contribution in [-0.4, -0.2) is 21.4 Å². The van der Waals surface area contributed by atoms with Gasteiger partial charge in [0.1, 0.15) is 0 Å². The molecule has 1 heterocycles. The molecule has 0 bridgehead atoms. The van der Waals surface area contributed by atoms with Gasteiger partial charge in [-0.2, -0.15) is 0 Å². The first kappa shape index (κ1) is 15.9. The first-order valence-corrected chi connectivity index (χ1v) is 8.92. The van der Waals surface area contributed by atoms with Crippen molar-refractivity contribution >= 4 is 33.2 Å². The monoisotopic (exact) mass is 322 g/mol. The summed E-state index contributed by atoms with van der Waals surface area (Å²) in [6, 6.07) is 6.75. The Morgan fingerprint density at radius 1 is 1.24 bits per heavy atom. The van der Waals surface area contributed by atoms with Crippen LogP contribution in [0, 0.1) is 0 Å². The number of rotatable bonds is 3. The zero-order valence-electron chi connectivity index (χ0n) is 12.5. The number of amides is 1. The maximum Gasteiger partial charge on any atom is 0.257 e. The molecule has 6 heteroatoms. The Kier molecular flexibility index (Phi) is 4.58. The van der Waals surface area contributed by atoms with E-state index in [9.17, 15) is 9.00 Å². The van der Waals surface area contributed by atoms with E-state index in [1.54, 1.807) is 30.5 Å². The van der Waals surface area contributed by atoms with Gasteiger partial charge in [-0.05, 0) is 24.3 Å². The van der Waals surface area contributed by atoms with Gasteiger partial charge in [-0.25, -0.2) is 4.98 Å². The van der Waals surface area contributed by atoms with E-state index >= 15 is 0 Å². The molecule has 0 saturated carbocycles. The normalized spacial score (nSPS) is 13.0. The molecule has 0 aliphatic carbocycles. The van der Waals surface area contributed by atoms with Crippen LogP contribution in [0.3, 0.4) is 0 Å². The summed E-state index contributed by atoms with van der Waals surface area (Å²) in [5, 5.41) is 5.34. The predicted octanol–water partition coefficient (Wildman–Crippen LogP) is 3.43. The molecule has 0 aliphatic heterocycles. The third-order valence-corrected chi connectivity index (χ3v) is 4.64. The Morgan fingerprint density at radius 2 is 1.86 bits per heavy atom. The number of thiazole rings is 1. The Morgan fingerprint density at radius 3 is 2.33 bits per heavy atom. The number of nitrogens with zero attached hydrogens (tertiary/aromatic N) is 1. The van der Waals surface area contributed by atoms with Gasteiger partial charge in [0.25, 0.3) is 5.91 Å². The highest BCUT2D eigenvalue weighted by molar-refractivity contribution is 7.84. The van der Waals surface area contributed by atoms with E-state index in [-0.39, 0.29) is 11.3 Å². The van der Waals surface area contributed by atoms with Crippen molar-refractivity contribution in [3.05, 3.63) is 40.9 Å². The summed E-state index contributed by atoms with van der Waals surface area (Å²) in [7, 11) is -1.04. The zero-order chi connectivity index (χ0) is 15.6. The second-order valence-electron chi connectivity index (χ2n) is 5.72. The van der Waals surface area contributed by atoms with Crippen LogP contribution in [0.4, 0.5) is 5.13 Å². The number of aromatic nitrogens is 1. The smallest absolute Gasteiger partial charge is 0.257 e. The zero-order valence-corrected chi connectivity index (χ0v) is 14.1. The van der Waals surface area contributed by atoms with Crippen molar-refractivity contribution in [2.75, 3.05) is 11.6 Å². The molecule has 112 valence electrons. The number of benzene rings is 1. The molecule has 0 radical (unpaired) electrons. The Balaban J connectivity index is 2.11. The maximum atomic E-state index is 12.1. The molecule has 1 aromatic heterocycles. The summed E-state index contributed by atoms with van der Waals surface area (Å²) in [5.41, 5.74) is 1.45. The average Bonchev–Trinajstić information content (AvgIpc) is 2.87. The van der Waals surface area contributed by atoms with E-state index < -0.39 is 10.8 Å². The fourth-order valence-electron chi connectivity index (χ4n) is 1.64. The highest BCUT2D eigenvalue weighted by Gasteiger charge is 2.18. The van der Waals surface area contributed by atoms with Crippen LogP contribution in [0.5, 0.6) is 0 Å². The average molecular weight is 322 g/mol. The van der Waals surface area contributed by atoms with Crippen LogP contribution in [-0.2, 0) is 16.2 Å². The first-order chi connectivity index (χ1) is 9.77. The van der Waals surface area contributed by atoms with Crippen molar-refractivity contribution in [1.29, 1.82) is 0 Å². The largest absolute Gasteiger partial charge is 0.298 e. The molecular formula is C15H18N2O2S2. The molecule has 2 aromatic rings. The summed E-state index contributed by atoms with van der Waals surface area (Å²) in [6.45, 7) is 6.24. The van der Waals surface area contributed by atoms with Gasteiger partial charge in [-0.15, -0.1) is 11.3 Å². The third-order valence-electron chi connectivity index (χ3n) is 2.94. The fourth-order valence-corrected chi connectivity index (χ4v) is 3.09. The van der Waals surface area contributed by atoms with Crippen molar-refractivity contribution in [3.63, 3.8) is 0 Å². The van der Waals surface area contributed by atoms with Crippen molar-refractivity contribution in [2.24, 2.45) is 0 Å². The molecule has 1 amide bonds. The fraction of sp³-hybridized carbons (Fsp3) is 0.333. The number of anilines is 1. The molecule has 21 heavy (non-hydrogen) atoms. The van der Waals surface area contributed by atoms with Crippen LogP contribution in [0.15, 0.2) is 34.5 Å². The molecule has 4 nitrogen and oxygen atoms in total. The number of hydrogen-bond donors (Lipinski definition) is 1. The molecule has 1 aromatic carbocycles. The minimum atomic E-state index is -1.04. The highest BCUT2D eigenvalue weighted by atomic mass is 32.2. The third kappa shape index (κ3) is 3.98. The summed E-state index contributed by atoms with van der Waals surface area (Å²) in [5.74, 6) is -0.210. The lowest BCUT2D eigenvalue weighted by molar-refractivity contribution is 0.102. The van der Waals surface area contributed by atoms with Gasteiger partial charge >= 0.3 is 0 Å². The molecule has 0 spiro atoms. The van der Waals surface area contributed by atoms with Gasteiger partial charge in [-0.1, -0.05) is 20.8 Å². The van der Waals surface area contributed by atoms with Crippen molar-refractivity contribution in [3.8, 4) is 0 Å². The molecule has 1 atom stereocenters. The van der Waals surface area contributed by atoms with E-state index in [1.165, 1.54) is 11.3 Å². The molecule has 0 saturated heterocycles. The predicted molar refractivity (Wildman–Crippen MR) is 87.5 cm³/mol. The van der Waals surface area contributed by atoms with Gasteiger partial charge in [-0.3, -0.25) is 14.3 Å². The molecular weight excluding hydrogens is 304 g/mol. The summed E-state index contributed by atoms with van der Waals surface area (Å²) in [6.07, 6.45) is 1.61. The Hall–Kier alpha value is -1.53. The number of nitrogens with one attached hydrogen (secondary N) is 1. The summed E-state index contributed by atoms with van der Waals surface area (Å²) >= 11 is 1.42. The minimum Gasteiger partial charge on any atom is -0.298 e. The second kappa shape index (κ2) is 6.07. The molecule has 0 fully saturated rings. The van der Waals surface area contributed by atoms with Crippen LogP contribution in [0.1, 0.15) is 36.8 Å². The summed E-state index contributed by atoms with van der Waals surface area (Å²) in [4.78, 5) is 17.3. The van der Waals surface area contributed by atoms with Gasteiger partial charge in [0.2, 0.25) is 0 Å². The van der Waals surface area contributed by atoms with Crippen LogP contribution in [0.2, 0.25) is 0 Å². The first-order valence-electron chi connectivity index (χ1n) is 6.48. The van der Waals surface area contributed by atoms with E-state index in [4.69, 9.17) is 0 Å². The lowest BCUT2D eigenvalue weighted by Gasteiger charge is -2.14. The molecule has 2 rings (SSSR count).